The predicted octanol–water partition coefficient (Wildman–Crippen LogP) is -0.710. The maximum absolute atomic E-state index is 13.4. The molecule has 21 heteroatoms. The number of amides is 2. The zero-order valence-electron chi connectivity index (χ0n) is 26.5. The van der Waals surface area contributed by atoms with E-state index in [2.05, 4.69) is 25.1 Å². The Labute approximate surface area is 284 Å². The number of nitrogens with zero attached hydrogens (tertiary/aromatic N) is 3. The van der Waals surface area contributed by atoms with Crippen molar-refractivity contribution < 1.29 is 51.4 Å². The van der Waals surface area contributed by atoms with Gasteiger partial charge in [0.05, 0.1) is 11.1 Å². The number of hydrogen-bond acceptors (Lipinski definition) is 15. The number of aliphatic hydroxyl groups is 1. The molecule has 49 heavy (non-hydrogen) atoms. The molecule has 1 aromatic carbocycles. The van der Waals surface area contributed by atoms with Crippen molar-refractivity contribution in [1.82, 2.24) is 20.7 Å². The van der Waals surface area contributed by atoms with Crippen LogP contribution >= 0.6 is 11.3 Å². The molecule has 0 spiro atoms. The Morgan fingerprint density at radius 2 is 2.00 bits per heavy atom. The van der Waals surface area contributed by atoms with Crippen LogP contribution in [0.5, 0.6) is 5.75 Å². The fourth-order valence-corrected chi connectivity index (χ4v) is 6.74. The van der Waals surface area contributed by atoms with E-state index in [1.54, 1.807) is 18.2 Å². The molecule has 1 aliphatic carbocycles. The maximum Gasteiger partial charge on any atom is 0.418 e. The van der Waals surface area contributed by atoms with E-state index in [-0.39, 0.29) is 35.7 Å². The van der Waals surface area contributed by atoms with E-state index in [1.807, 2.05) is 0 Å². The molecule has 0 bridgehead atoms. The van der Waals surface area contributed by atoms with Crippen molar-refractivity contribution >= 4 is 56.2 Å². The number of carboxylic acid groups (broad SMARTS) is 1. The second kappa shape index (κ2) is 12.8. The topological polar surface area (TPSA) is 302 Å². The SMILES string of the molecule is CC1(C)[C@H](NC(=O)/C(=N\O[C@](C)(C(=O)O)[C@H]2CCc3cc(C(=N)N[C@H]4C[C@](O)(CN)C4)ccc3O2)c2csc(N)n2)C(=O)N1OS(=O)(=O)O. The third kappa shape index (κ3) is 7.16. The Morgan fingerprint density at radius 1 is 1.31 bits per heavy atom. The lowest BCUT2D eigenvalue weighted by molar-refractivity contribution is -0.218. The number of carbonyl (C=O) groups is 3. The fourth-order valence-electron chi connectivity index (χ4n) is 5.74. The Balaban J connectivity index is 1.32. The van der Waals surface area contributed by atoms with E-state index in [0.29, 0.717) is 35.6 Å². The summed E-state index contributed by atoms with van der Waals surface area (Å²) in [5, 5.41) is 40.0. The summed E-state index contributed by atoms with van der Waals surface area (Å²) in [5.74, 6) is -2.99. The van der Waals surface area contributed by atoms with Crippen LogP contribution in [0.4, 0.5) is 5.13 Å². The second-order valence-electron chi connectivity index (χ2n) is 12.7. The van der Waals surface area contributed by atoms with Crippen molar-refractivity contribution in [3.8, 4) is 5.75 Å². The number of hydroxylamine groups is 2. The number of nitrogens with one attached hydrogen (secondary N) is 3. The number of anilines is 1. The highest BCUT2D eigenvalue weighted by molar-refractivity contribution is 7.80. The molecule has 19 nitrogen and oxygen atoms in total. The van der Waals surface area contributed by atoms with Crippen molar-refractivity contribution in [2.45, 2.75) is 81.4 Å². The van der Waals surface area contributed by atoms with Gasteiger partial charge >= 0.3 is 16.4 Å². The van der Waals surface area contributed by atoms with Gasteiger partial charge in [-0.05, 0) is 70.2 Å². The Kier molecular flexibility index (Phi) is 9.38. The summed E-state index contributed by atoms with van der Waals surface area (Å²) in [5.41, 5.74) is 7.47. The van der Waals surface area contributed by atoms with Crippen LogP contribution in [0.3, 0.4) is 0 Å². The highest BCUT2D eigenvalue weighted by Crippen LogP contribution is 2.36. The van der Waals surface area contributed by atoms with E-state index in [4.69, 9.17) is 31.0 Å². The minimum Gasteiger partial charge on any atom is -0.485 e. The number of carbonyl (C=O) groups excluding carboxylic acids is 2. The molecular weight excluding hydrogens is 688 g/mol. The highest BCUT2D eigenvalue weighted by Gasteiger charge is 2.58. The minimum atomic E-state index is -5.04. The van der Waals surface area contributed by atoms with Crippen LogP contribution in [0.2, 0.25) is 0 Å². The molecular formula is C28H36N8O11S2. The molecule has 0 unspecified atom stereocenters. The number of carboxylic acids is 1. The fraction of sp³-hybridized carbons (Fsp3) is 0.500. The van der Waals surface area contributed by atoms with Crippen molar-refractivity contribution in [1.29, 1.82) is 5.41 Å². The van der Waals surface area contributed by atoms with Gasteiger partial charge in [-0.1, -0.05) is 5.16 Å². The summed E-state index contributed by atoms with van der Waals surface area (Å²) in [6.45, 7) is 4.08. The van der Waals surface area contributed by atoms with Gasteiger partial charge in [0.2, 0.25) is 0 Å². The minimum absolute atomic E-state index is 0.0453. The molecule has 2 aliphatic heterocycles. The van der Waals surface area contributed by atoms with Crippen molar-refractivity contribution in [3.63, 3.8) is 0 Å². The lowest BCUT2D eigenvalue weighted by atomic mass is 9.75. The summed E-state index contributed by atoms with van der Waals surface area (Å²) in [6, 6.07) is 3.57. The first-order chi connectivity index (χ1) is 22.8. The molecule has 1 aromatic heterocycles. The molecule has 1 saturated carbocycles. The summed E-state index contributed by atoms with van der Waals surface area (Å²) >= 11 is 0.951. The number of rotatable bonds is 12. The number of aliphatic carboxylic acids is 1. The number of oxime groups is 1. The number of nitrogens with two attached hydrogens (primary N) is 2. The molecule has 266 valence electrons. The van der Waals surface area contributed by atoms with Crippen molar-refractivity contribution in [3.05, 3.63) is 40.4 Å². The van der Waals surface area contributed by atoms with Crippen LogP contribution in [0, 0.1) is 5.41 Å². The van der Waals surface area contributed by atoms with E-state index in [9.17, 15) is 33.0 Å². The van der Waals surface area contributed by atoms with Crippen LogP contribution < -0.4 is 26.8 Å². The van der Waals surface area contributed by atoms with Gasteiger partial charge in [0, 0.05) is 23.5 Å². The summed E-state index contributed by atoms with van der Waals surface area (Å²) in [6.07, 6.45) is 0.263. The quantitative estimate of drug-likeness (QED) is 0.0441. The van der Waals surface area contributed by atoms with Crippen LogP contribution in [0.25, 0.3) is 0 Å². The largest absolute Gasteiger partial charge is 0.485 e. The van der Waals surface area contributed by atoms with Gasteiger partial charge in [-0.25, -0.2) is 9.78 Å². The number of aryl methyl sites for hydroxylation is 1. The molecule has 3 heterocycles. The van der Waals surface area contributed by atoms with E-state index in [1.165, 1.54) is 26.2 Å². The third-order valence-corrected chi connectivity index (χ3v) is 9.75. The Morgan fingerprint density at radius 3 is 2.57 bits per heavy atom. The zero-order chi connectivity index (χ0) is 36.1. The predicted molar refractivity (Wildman–Crippen MR) is 172 cm³/mol. The molecule has 3 atom stereocenters. The Hall–Kier alpha value is -4.41. The average molecular weight is 725 g/mol. The Bertz CT molecular complexity index is 1830. The van der Waals surface area contributed by atoms with E-state index >= 15 is 0 Å². The molecule has 0 radical (unpaired) electrons. The van der Waals surface area contributed by atoms with Crippen LogP contribution in [-0.2, 0) is 40.3 Å². The number of amidine groups is 1. The van der Waals surface area contributed by atoms with E-state index < -0.39 is 62.8 Å². The maximum atomic E-state index is 13.4. The number of β-lactam (4-membered cyclic amide) rings is 1. The summed E-state index contributed by atoms with van der Waals surface area (Å²) < 4.78 is 41.7. The van der Waals surface area contributed by atoms with Crippen LogP contribution in [-0.4, -0.2) is 104 Å². The lowest BCUT2D eigenvalue weighted by Crippen LogP contribution is -2.76. The van der Waals surface area contributed by atoms with Gasteiger partial charge < -0.3 is 41.9 Å². The number of thiazole rings is 1. The van der Waals surface area contributed by atoms with Gasteiger partial charge in [0.1, 0.15) is 23.3 Å². The second-order valence-corrected chi connectivity index (χ2v) is 14.6. The molecule has 1 saturated heterocycles. The number of fused-ring (bicyclic) bond motifs is 1. The third-order valence-electron chi connectivity index (χ3n) is 8.74. The first-order valence-corrected chi connectivity index (χ1v) is 17.1. The first-order valence-electron chi connectivity index (χ1n) is 14.9. The van der Waals surface area contributed by atoms with Crippen molar-refractivity contribution in [2.24, 2.45) is 10.9 Å². The van der Waals surface area contributed by atoms with Crippen LogP contribution in [0.15, 0.2) is 28.7 Å². The molecule has 2 amide bonds. The number of nitrogen functional groups attached to an aromatic ring is 1. The van der Waals surface area contributed by atoms with Crippen molar-refractivity contribution in [2.75, 3.05) is 12.3 Å². The normalized spacial score (nSPS) is 25.8. The number of ether oxygens (including phenoxy) is 1. The number of aromatic nitrogens is 1. The van der Waals surface area contributed by atoms with Gasteiger partial charge in [-0.15, -0.1) is 15.6 Å². The highest BCUT2D eigenvalue weighted by atomic mass is 32.3. The average Bonchev–Trinajstić information content (AvgIpc) is 3.45. The van der Waals surface area contributed by atoms with Gasteiger partial charge in [-0.2, -0.15) is 13.5 Å². The zero-order valence-corrected chi connectivity index (χ0v) is 28.1. The number of benzene rings is 1. The molecule has 2 aromatic rings. The lowest BCUT2D eigenvalue weighted by Gasteiger charge is -2.50. The summed E-state index contributed by atoms with van der Waals surface area (Å²) in [7, 11) is -5.04. The smallest absolute Gasteiger partial charge is 0.418 e. The van der Waals surface area contributed by atoms with E-state index in [0.717, 1.165) is 16.9 Å². The van der Waals surface area contributed by atoms with Gasteiger partial charge in [-0.3, -0.25) is 19.6 Å². The van der Waals surface area contributed by atoms with Crippen LogP contribution in [0.1, 0.15) is 56.9 Å². The monoisotopic (exact) mass is 724 g/mol. The molecule has 2 fully saturated rings. The molecule has 10 N–H and O–H groups in total. The summed E-state index contributed by atoms with van der Waals surface area (Å²) in [4.78, 5) is 48.2. The molecule has 5 rings (SSSR count). The molecule has 3 aliphatic rings. The number of hydrogen-bond donors (Lipinski definition) is 8. The van der Waals surface area contributed by atoms with Gasteiger partial charge in [0.25, 0.3) is 17.4 Å². The first kappa shape index (κ1) is 35.9. The standard InChI is InChI=1S/C28H36N8O11S2/c1-26(2)20(23(38)36(26)47-49(42,43)44)34-22(37)19(16-11-48-25(31)33-16)35-46-27(3,24(39)40)18-7-5-13-8-14(4-6-17(13)45-18)21(30)32-15-9-28(41,10-15)12-29/h4,6,8,11,15,18,20,41H,5,7,9-10,12,29H2,1-3H3,(H2,30,32)(H2,31,33)(H,34,37)(H,39,40)(H,42,43,44)/b35-19-/t15-,18-,20-,27+,28+/m1/s1. The van der Waals surface area contributed by atoms with Gasteiger partial charge in [0.15, 0.2) is 16.9 Å².